The van der Waals surface area contributed by atoms with Crippen molar-refractivity contribution >= 4 is 40.2 Å². The Balaban J connectivity index is 1.19. The number of nitrogens with zero attached hydrogens (tertiary/aromatic N) is 3. The maximum absolute atomic E-state index is 12.9. The zero-order valence-electron chi connectivity index (χ0n) is 21.3. The van der Waals surface area contributed by atoms with Gasteiger partial charge in [0.05, 0.1) is 36.1 Å². The van der Waals surface area contributed by atoms with Gasteiger partial charge in [0.2, 0.25) is 5.82 Å². The summed E-state index contributed by atoms with van der Waals surface area (Å²) in [5.41, 5.74) is 1.91. The lowest BCUT2D eigenvalue weighted by Crippen LogP contribution is -2.28. The molecule has 10 nitrogen and oxygen atoms in total. The first-order valence-corrected chi connectivity index (χ1v) is 12.5. The number of amides is 2. The molecule has 0 atom stereocenters. The average molecular weight is 535 g/mol. The Morgan fingerprint density at radius 2 is 1.68 bits per heavy atom. The van der Waals surface area contributed by atoms with Gasteiger partial charge in [-0.2, -0.15) is 0 Å². The Labute approximate surface area is 228 Å². The molecule has 10 heteroatoms. The summed E-state index contributed by atoms with van der Waals surface area (Å²) in [6.45, 7) is 2.00. The average Bonchev–Trinajstić information content (AvgIpc) is 3.57. The van der Waals surface area contributed by atoms with Crippen molar-refractivity contribution < 1.29 is 28.3 Å². The zero-order chi connectivity index (χ0) is 27.6. The number of fused-ring (bicyclic) bond motifs is 2. The van der Waals surface area contributed by atoms with Crippen LogP contribution < -0.4 is 10.1 Å². The van der Waals surface area contributed by atoms with Crippen LogP contribution in [0.15, 0.2) is 89.5 Å². The second kappa shape index (κ2) is 10.3. The molecule has 0 saturated carbocycles. The fourth-order valence-corrected chi connectivity index (χ4v) is 4.37. The van der Waals surface area contributed by atoms with E-state index in [0.29, 0.717) is 39.8 Å². The number of carbonyl (C=O) groups is 3. The summed E-state index contributed by atoms with van der Waals surface area (Å²) in [5.74, 6) is 0.516. The summed E-state index contributed by atoms with van der Waals surface area (Å²) in [4.78, 5) is 47.8. The van der Waals surface area contributed by atoms with Crippen molar-refractivity contribution in [2.24, 2.45) is 0 Å². The molecule has 0 aliphatic carbocycles. The monoisotopic (exact) mass is 534 g/mol. The quantitative estimate of drug-likeness (QED) is 0.196. The van der Waals surface area contributed by atoms with E-state index in [2.05, 4.69) is 15.3 Å². The first-order chi connectivity index (χ1) is 19.5. The highest BCUT2D eigenvalue weighted by atomic mass is 16.5. The summed E-state index contributed by atoms with van der Waals surface area (Å²) in [6, 6.07) is 22.7. The molecular formula is C30H22N4O6. The van der Waals surface area contributed by atoms with Crippen molar-refractivity contribution in [1.29, 1.82) is 0 Å². The van der Waals surface area contributed by atoms with Crippen LogP contribution in [0.5, 0.6) is 11.5 Å². The molecule has 0 fully saturated rings. The Bertz CT molecular complexity index is 1750. The molecular weight excluding hydrogens is 512 g/mol. The highest BCUT2D eigenvalue weighted by Crippen LogP contribution is 2.31. The summed E-state index contributed by atoms with van der Waals surface area (Å²) in [6.07, 6.45) is 1.50. The maximum atomic E-state index is 12.9. The third kappa shape index (κ3) is 4.73. The van der Waals surface area contributed by atoms with Crippen molar-refractivity contribution in [3.05, 3.63) is 108 Å². The smallest absolute Gasteiger partial charge is 0.376 e. The van der Waals surface area contributed by atoms with Crippen molar-refractivity contribution in [3.63, 3.8) is 0 Å². The van der Waals surface area contributed by atoms with E-state index >= 15 is 0 Å². The van der Waals surface area contributed by atoms with Crippen LogP contribution in [0, 0.1) is 0 Å². The number of imide groups is 1. The van der Waals surface area contributed by atoms with Gasteiger partial charge >= 0.3 is 5.97 Å². The largest absolute Gasteiger partial charge is 0.467 e. The molecule has 3 aromatic carbocycles. The fourth-order valence-electron chi connectivity index (χ4n) is 4.37. The Morgan fingerprint density at radius 1 is 0.900 bits per heavy atom. The molecule has 40 heavy (non-hydrogen) atoms. The van der Waals surface area contributed by atoms with Crippen molar-refractivity contribution in [1.82, 2.24) is 14.9 Å². The standard InChI is InChI=1S/C30H22N4O6/c1-2-38-30(37)27-32-25-8-4-3-7-23(25)26(33-27)31-18-9-11-19(12-10-18)40-20-13-14-22-24(16-20)29(36)34(28(22)35)17-21-6-5-15-39-21/h3-16H,2,17H2,1H3,(H,31,32,33). The summed E-state index contributed by atoms with van der Waals surface area (Å²) < 4.78 is 16.3. The normalized spacial score (nSPS) is 12.5. The number of furan rings is 1. The van der Waals surface area contributed by atoms with Crippen LogP contribution in [0.2, 0.25) is 0 Å². The number of ether oxygens (including phenoxy) is 2. The van der Waals surface area contributed by atoms with Crippen molar-refractivity contribution in [2.45, 2.75) is 13.5 Å². The molecule has 0 spiro atoms. The SMILES string of the molecule is CCOC(=O)c1nc(Nc2ccc(Oc3ccc4c(c3)C(=O)N(Cc3ccco3)C4=O)cc2)c2ccccc2n1. The van der Waals surface area contributed by atoms with Crippen LogP contribution in [0.3, 0.4) is 0 Å². The Kier molecular flexibility index (Phi) is 6.41. The minimum Gasteiger partial charge on any atom is -0.467 e. The molecule has 6 rings (SSSR count). The van der Waals surface area contributed by atoms with Crippen LogP contribution in [-0.2, 0) is 11.3 Å². The predicted octanol–water partition coefficient (Wildman–Crippen LogP) is 5.73. The molecule has 5 aromatic rings. The number of carbonyl (C=O) groups excluding carboxylic acids is 3. The number of rotatable bonds is 8. The second-order valence-corrected chi connectivity index (χ2v) is 8.87. The van der Waals surface area contributed by atoms with Crippen LogP contribution in [0.4, 0.5) is 11.5 Å². The van der Waals surface area contributed by atoms with Gasteiger partial charge in [-0.15, -0.1) is 0 Å². The first-order valence-electron chi connectivity index (χ1n) is 12.5. The molecule has 0 radical (unpaired) electrons. The summed E-state index contributed by atoms with van der Waals surface area (Å²) in [5, 5.41) is 3.98. The molecule has 198 valence electrons. The number of nitrogens with one attached hydrogen (secondary N) is 1. The van der Waals surface area contributed by atoms with Crippen LogP contribution >= 0.6 is 0 Å². The lowest BCUT2D eigenvalue weighted by Gasteiger charge is -2.12. The minimum atomic E-state index is -0.598. The molecule has 3 heterocycles. The van der Waals surface area contributed by atoms with Gasteiger partial charge in [-0.1, -0.05) is 12.1 Å². The molecule has 1 aliphatic rings. The van der Waals surface area contributed by atoms with E-state index in [0.717, 1.165) is 10.3 Å². The fraction of sp³-hybridized carbons (Fsp3) is 0.100. The molecule has 0 bridgehead atoms. The van der Waals surface area contributed by atoms with E-state index in [4.69, 9.17) is 13.9 Å². The molecule has 1 aliphatic heterocycles. The van der Waals surface area contributed by atoms with Crippen LogP contribution in [0.1, 0.15) is 44.0 Å². The van der Waals surface area contributed by atoms with Crippen molar-refractivity contribution in [2.75, 3.05) is 11.9 Å². The first kappa shape index (κ1) is 24.8. The number of aromatic nitrogens is 2. The van der Waals surface area contributed by atoms with Crippen molar-refractivity contribution in [3.8, 4) is 11.5 Å². The van der Waals surface area contributed by atoms with E-state index in [-0.39, 0.29) is 30.4 Å². The Morgan fingerprint density at radius 3 is 2.45 bits per heavy atom. The van der Waals surface area contributed by atoms with Gasteiger partial charge in [-0.3, -0.25) is 14.5 Å². The van der Waals surface area contributed by atoms with Gasteiger partial charge in [0.25, 0.3) is 11.8 Å². The van der Waals surface area contributed by atoms with E-state index in [1.807, 2.05) is 18.2 Å². The highest BCUT2D eigenvalue weighted by molar-refractivity contribution is 6.21. The van der Waals surface area contributed by atoms with Gasteiger partial charge in [0.15, 0.2) is 0 Å². The van der Waals surface area contributed by atoms with E-state index in [1.165, 1.54) is 6.26 Å². The zero-order valence-corrected chi connectivity index (χ0v) is 21.3. The third-order valence-corrected chi connectivity index (χ3v) is 6.25. The number of hydrogen-bond donors (Lipinski definition) is 1. The van der Waals surface area contributed by atoms with Gasteiger partial charge in [0.1, 0.15) is 23.1 Å². The number of para-hydroxylation sites is 1. The molecule has 2 amide bonds. The van der Waals surface area contributed by atoms with Gasteiger partial charge in [0, 0.05) is 11.1 Å². The van der Waals surface area contributed by atoms with Crippen LogP contribution in [-0.4, -0.2) is 39.3 Å². The summed E-state index contributed by atoms with van der Waals surface area (Å²) in [7, 11) is 0. The molecule has 1 N–H and O–H groups in total. The number of benzene rings is 3. The number of anilines is 2. The minimum absolute atomic E-state index is 0.0321. The summed E-state index contributed by atoms with van der Waals surface area (Å²) >= 11 is 0. The Hall–Kier alpha value is -5.51. The number of esters is 1. The molecule has 2 aromatic heterocycles. The third-order valence-electron chi connectivity index (χ3n) is 6.25. The van der Waals surface area contributed by atoms with Gasteiger partial charge in [-0.25, -0.2) is 14.8 Å². The lowest BCUT2D eigenvalue weighted by molar-refractivity contribution is 0.0511. The highest BCUT2D eigenvalue weighted by Gasteiger charge is 2.36. The second-order valence-electron chi connectivity index (χ2n) is 8.87. The van der Waals surface area contributed by atoms with E-state index in [1.54, 1.807) is 67.6 Å². The van der Waals surface area contributed by atoms with E-state index < -0.39 is 11.9 Å². The molecule has 0 unspecified atom stereocenters. The lowest BCUT2D eigenvalue weighted by atomic mass is 10.1. The van der Waals surface area contributed by atoms with Gasteiger partial charge in [-0.05, 0) is 73.7 Å². The van der Waals surface area contributed by atoms with E-state index in [9.17, 15) is 14.4 Å². The topological polar surface area (TPSA) is 124 Å². The van der Waals surface area contributed by atoms with Crippen LogP contribution in [0.25, 0.3) is 10.9 Å². The molecule has 0 saturated heterocycles. The number of hydrogen-bond acceptors (Lipinski definition) is 9. The maximum Gasteiger partial charge on any atom is 0.376 e. The predicted molar refractivity (Wildman–Crippen MR) is 145 cm³/mol. The van der Waals surface area contributed by atoms with Gasteiger partial charge < -0.3 is 19.2 Å².